The largest absolute Gasteiger partial charge is 0.508 e. The van der Waals surface area contributed by atoms with Gasteiger partial charge in [-0.25, -0.2) is 0 Å². The summed E-state index contributed by atoms with van der Waals surface area (Å²) in [5.41, 5.74) is 0.909. The Morgan fingerprint density at radius 2 is 2.19 bits per heavy atom. The second-order valence-electron chi connectivity index (χ2n) is 6.44. The molecule has 2 aliphatic rings. The van der Waals surface area contributed by atoms with Crippen LogP contribution in [-0.4, -0.2) is 42.8 Å². The van der Waals surface area contributed by atoms with Crippen molar-refractivity contribution in [3.05, 3.63) is 23.8 Å². The fourth-order valence-electron chi connectivity index (χ4n) is 3.26. The van der Waals surface area contributed by atoms with Crippen LogP contribution in [-0.2, 0) is 0 Å². The van der Waals surface area contributed by atoms with E-state index in [9.17, 15) is 5.11 Å². The van der Waals surface area contributed by atoms with E-state index in [2.05, 4.69) is 17.1 Å². The van der Waals surface area contributed by atoms with Gasteiger partial charge >= 0.3 is 0 Å². The maximum atomic E-state index is 10.0. The smallest absolute Gasteiger partial charge is 0.120 e. The number of methoxy groups -OCH3 is 1. The Morgan fingerprint density at radius 1 is 1.38 bits per heavy atom. The molecule has 1 saturated heterocycles. The molecule has 2 N–H and O–H groups in total. The fourth-order valence-corrected chi connectivity index (χ4v) is 3.26. The van der Waals surface area contributed by atoms with Crippen molar-refractivity contribution < 1.29 is 9.84 Å². The number of phenolic OH excluding ortho intramolecular Hbond substituents is 1. The van der Waals surface area contributed by atoms with Gasteiger partial charge in [-0.15, -0.1) is 0 Å². The predicted octanol–water partition coefficient (Wildman–Crippen LogP) is 2.54. The minimum absolute atomic E-state index is 0.134. The molecule has 4 nitrogen and oxygen atoms in total. The first-order valence-electron chi connectivity index (χ1n) is 8.01. The van der Waals surface area contributed by atoms with Crippen molar-refractivity contribution in [1.29, 1.82) is 0 Å². The average molecular weight is 290 g/mol. The van der Waals surface area contributed by atoms with Crippen molar-refractivity contribution in [2.24, 2.45) is 5.92 Å². The van der Waals surface area contributed by atoms with E-state index in [0.29, 0.717) is 5.75 Å². The van der Waals surface area contributed by atoms with E-state index >= 15 is 0 Å². The molecule has 0 amide bonds. The molecule has 1 saturated carbocycles. The molecule has 2 atom stereocenters. The van der Waals surface area contributed by atoms with Gasteiger partial charge in [0.2, 0.25) is 0 Å². The first-order chi connectivity index (χ1) is 10.2. The highest BCUT2D eigenvalue weighted by Gasteiger charge is 2.34. The van der Waals surface area contributed by atoms with Crippen molar-refractivity contribution >= 4 is 0 Å². The molecule has 0 aromatic heterocycles. The van der Waals surface area contributed by atoms with Gasteiger partial charge in [-0.2, -0.15) is 0 Å². The third-order valence-corrected chi connectivity index (χ3v) is 4.79. The normalized spacial score (nSPS) is 24.2. The molecule has 1 aliphatic heterocycles. The van der Waals surface area contributed by atoms with Gasteiger partial charge in [-0.1, -0.05) is 0 Å². The van der Waals surface area contributed by atoms with Crippen LogP contribution in [0, 0.1) is 5.92 Å². The monoisotopic (exact) mass is 290 g/mol. The molecular weight excluding hydrogens is 264 g/mol. The van der Waals surface area contributed by atoms with Gasteiger partial charge in [-0.3, -0.25) is 0 Å². The summed E-state index contributed by atoms with van der Waals surface area (Å²) in [6, 6.07) is 6.43. The number of hydrogen-bond acceptors (Lipinski definition) is 4. The molecule has 4 heteroatoms. The maximum absolute atomic E-state index is 10.0. The molecule has 1 aliphatic carbocycles. The molecule has 116 valence electrons. The highest BCUT2D eigenvalue weighted by molar-refractivity contribution is 5.41. The molecule has 0 radical (unpaired) electrons. The Kier molecular flexibility index (Phi) is 4.36. The lowest BCUT2D eigenvalue weighted by molar-refractivity contribution is 0.309. The quantitative estimate of drug-likeness (QED) is 0.845. The molecule has 2 fully saturated rings. The summed E-state index contributed by atoms with van der Waals surface area (Å²) in [5.74, 6) is 1.86. The van der Waals surface area contributed by atoms with E-state index in [1.807, 2.05) is 6.07 Å². The summed E-state index contributed by atoms with van der Waals surface area (Å²) in [4.78, 5) is 2.64. The Hall–Kier alpha value is -1.26. The summed E-state index contributed by atoms with van der Waals surface area (Å²) in [6.45, 7) is 5.60. The predicted molar refractivity (Wildman–Crippen MR) is 83.8 cm³/mol. The van der Waals surface area contributed by atoms with E-state index in [-0.39, 0.29) is 6.04 Å². The summed E-state index contributed by atoms with van der Waals surface area (Å²) >= 11 is 0. The van der Waals surface area contributed by atoms with Crippen LogP contribution in [0.1, 0.15) is 37.8 Å². The van der Waals surface area contributed by atoms with Crippen LogP contribution in [0.15, 0.2) is 18.2 Å². The number of ether oxygens (including phenoxy) is 1. The molecule has 21 heavy (non-hydrogen) atoms. The van der Waals surface area contributed by atoms with Gasteiger partial charge in [0.05, 0.1) is 7.11 Å². The third-order valence-electron chi connectivity index (χ3n) is 4.79. The van der Waals surface area contributed by atoms with E-state index in [0.717, 1.165) is 29.8 Å². The Balaban J connectivity index is 1.53. The molecule has 0 spiro atoms. The highest BCUT2D eigenvalue weighted by Crippen LogP contribution is 2.32. The minimum Gasteiger partial charge on any atom is -0.508 e. The molecule has 0 bridgehead atoms. The number of benzene rings is 1. The van der Waals surface area contributed by atoms with E-state index in [1.54, 1.807) is 19.2 Å². The average Bonchev–Trinajstić information content (AvgIpc) is 3.24. The summed E-state index contributed by atoms with van der Waals surface area (Å²) in [6.07, 6.45) is 4.09. The molecular formula is C17H26N2O2. The molecule has 2 unspecified atom stereocenters. The van der Waals surface area contributed by atoms with E-state index in [4.69, 9.17) is 4.74 Å². The lowest BCUT2D eigenvalue weighted by Crippen LogP contribution is -2.29. The highest BCUT2D eigenvalue weighted by atomic mass is 16.5. The van der Waals surface area contributed by atoms with Crippen molar-refractivity contribution in [1.82, 2.24) is 10.2 Å². The standard InChI is InChI=1S/C17H26N2O2/c1-12(16-9-15(21-2)5-6-17(16)20)18-10-13-7-8-19(11-13)14-3-4-14/h5-6,9,12-14,18,20H,3-4,7-8,10-11H2,1-2H3. The number of rotatable bonds is 6. The van der Waals surface area contributed by atoms with Gasteiger partial charge in [-0.05, 0) is 63.4 Å². The Labute approximate surface area is 127 Å². The molecule has 1 heterocycles. The molecule has 1 aromatic carbocycles. The van der Waals surface area contributed by atoms with Crippen molar-refractivity contribution in [3.63, 3.8) is 0 Å². The number of phenols is 1. The SMILES string of the molecule is COc1ccc(O)c(C(C)NCC2CCN(C3CC3)C2)c1. The van der Waals surface area contributed by atoms with Crippen LogP contribution in [0.25, 0.3) is 0 Å². The van der Waals surface area contributed by atoms with Crippen molar-refractivity contribution in [3.8, 4) is 11.5 Å². The first-order valence-corrected chi connectivity index (χ1v) is 8.01. The van der Waals surface area contributed by atoms with Crippen LogP contribution in [0.2, 0.25) is 0 Å². The molecule has 1 aromatic rings. The number of aromatic hydroxyl groups is 1. The zero-order valence-corrected chi connectivity index (χ0v) is 13.0. The Morgan fingerprint density at radius 3 is 2.90 bits per heavy atom. The maximum Gasteiger partial charge on any atom is 0.120 e. The van der Waals surface area contributed by atoms with Crippen LogP contribution in [0.5, 0.6) is 11.5 Å². The number of nitrogens with one attached hydrogen (secondary N) is 1. The molecule has 3 rings (SSSR count). The zero-order valence-electron chi connectivity index (χ0n) is 13.0. The van der Waals surface area contributed by atoms with Gasteiger partial charge in [0.1, 0.15) is 11.5 Å². The van der Waals surface area contributed by atoms with Crippen LogP contribution in [0.4, 0.5) is 0 Å². The van der Waals surface area contributed by atoms with Gasteiger partial charge in [0.15, 0.2) is 0 Å². The number of hydrogen-bond donors (Lipinski definition) is 2. The third kappa shape index (κ3) is 3.50. The second-order valence-corrected chi connectivity index (χ2v) is 6.44. The minimum atomic E-state index is 0.134. The van der Waals surface area contributed by atoms with Crippen LogP contribution >= 0.6 is 0 Å². The van der Waals surface area contributed by atoms with Crippen LogP contribution < -0.4 is 10.1 Å². The summed E-state index contributed by atoms with van der Waals surface area (Å²) in [7, 11) is 1.65. The van der Waals surface area contributed by atoms with Crippen LogP contribution in [0.3, 0.4) is 0 Å². The topological polar surface area (TPSA) is 44.7 Å². The lowest BCUT2D eigenvalue weighted by atomic mass is 10.0. The Bertz CT molecular complexity index is 488. The van der Waals surface area contributed by atoms with E-state index < -0.39 is 0 Å². The summed E-state index contributed by atoms with van der Waals surface area (Å²) < 4.78 is 5.24. The summed E-state index contributed by atoms with van der Waals surface area (Å²) in [5, 5.41) is 13.6. The lowest BCUT2D eigenvalue weighted by Gasteiger charge is -2.20. The van der Waals surface area contributed by atoms with E-state index in [1.165, 1.54) is 32.4 Å². The number of nitrogens with zero attached hydrogens (tertiary/aromatic N) is 1. The van der Waals surface area contributed by atoms with Gasteiger partial charge in [0, 0.05) is 24.2 Å². The van der Waals surface area contributed by atoms with Gasteiger partial charge < -0.3 is 20.1 Å². The number of likely N-dealkylation sites (tertiary alicyclic amines) is 1. The van der Waals surface area contributed by atoms with Gasteiger partial charge in [0.25, 0.3) is 0 Å². The second kappa shape index (κ2) is 6.24. The first kappa shape index (κ1) is 14.7. The fraction of sp³-hybridized carbons (Fsp3) is 0.647. The zero-order chi connectivity index (χ0) is 14.8. The van der Waals surface area contributed by atoms with Crippen molar-refractivity contribution in [2.75, 3.05) is 26.7 Å². The van der Waals surface area contributed by atoms with Crippen molar-refractivity contribution in [2.45, 2.75) is 38.3 Å².